The Labute approximate surface area is 124 Å². The van der Waals surface area contributed by atoms with Crippen LogP contribution in [0.15, 0.2) is 30.3 Å². The van der Waals surface area contributed by atoms with Gasteiger partial charge in [-0.2, -0.15) is 5.26 Å². The normalized spacial score (nSPS) is 22.0. The zero-order chi connectivity index (χ0) is 15.3. The minimum absolute atomic E-state index is 0.0256. The molecule has 1 heterocycles. The van der Waals surface area contributed by atoms with E-state index < -0.39 is 15.8 Å². The van der Waals surface area contributed by atoms with E-state index in [0.29, 0.717) is 19.3 Å². The van der Waals surface area contributed by atoms with E-state index in [-0.39, 0.29) is 23.5 Å². The van der Waals surface area contributed by atoms with E-state index in [1.807, 2.05) is 36.4 Å². The molecule has 1 aromatic carbocycles. The topological polar surface area (TPSA) is 87.0 Å². The molecule has 0 aliphatic carbocycles. The van der Waals surface area contributed by atoms with E-state index in [4.69, 9.17) is 5.26 Å². The minimum atomic E-state index is -3.07. The molecule has 1 aliphatic heterocycles. The second-order valence-corrected chi connectivity index (χ2v) is 7.56. The fourth-order valence-electron chi connectivity index (χ4n) is 2.49. The van der Waals surface area contributed by atoms with E-state index in [0.717, 1.165) is 5.56 Å². The van der Waals surface area contributed by atoms with Gasteiger partial charge in [0.05, 0.1) is 17.6 Å². The van der Waals surface area contributed by atoms with Crippen LogP contribution in [0, 0.1) is 17.2 Å². The molecular weight excluding hydrogens is 288 g/mol. The van der Waals surface area contributed by atoms with Crippen LogP contribution in [0.2, 0.25) is 0 Å². The van der Waals surface area contributed by atoms with Crippen LogP contribution in [-0.4, -0.2) is 31.9 Å². The van der Waals surface area contributed by atoms with Crippen LogP contribution in [0.1, 0.15) is 18.4 Å². The Balaban J connectivity index is 1.96. The van der Waals surface area contributed by atoms with Crippen LogP contribution in [0.5, 0.6) is 0 Å². The maximum absolute atomic E-state index is 12.1. The van der Waals surface area contributed by atoms with Crippen molar-refractivity contribution in [3.05, 3.63) is 35.9 Å². The molecule has 1 N–H and O–H groups in total. The highest BCUT2D eigenvalue weighted by Crippen LogP contribution is 2.14. The van der Waals surface area contributed by atoms with Crippen molar-refractivity contribution in [2.24, 2.45) is 5.92 Å². The number of benzene rings is 1. The minimum Gasteiger partial charge on any atom is -0.351 e. The molecule has 1 amide bonds. The summed E-state index contributed by atoms with van der Waals surface area (Å²) in [7, 11) is -3.07. The first kappa shape index (κ1) is 15.5. The number of nitriles is 1. The van der Waals surface area contributed by atoms with Gasteiger partial charge in [-0.15, -0.1) is 0 Å². The maximum atomic E-state index is 12.1. The summed E-state index contributed by atoms with van der Waals surface area (Å²) in [6.45, 7) is 0. The molecule has 2 rings (SSSR count). The van der Waals surface area contributed by atoms with Gasteiger partial charge in [0.25, 0.3) is 0 Å². The fourth-order valence-corrected chi connectivity index (χ4v) is 4.12. The summed E-state index contributed by atoms with van der Waals surface area (Å²) in [5, 5.41) is 11.9. The standard InChI is InChI=1S/C15H18N2O3S/c16-10-13(9-12-5-2-1-3-6-12)15(18)17-14-7-4-8-21(19,20)11-14/h1-3,5-6,13-14H,4,7-9,11H2,(H,17,18). The predicted octanol–water partition coefficient (Wildman–Crippen LogP) is 1.06. The van der Waals surface area contributed by atoms with Crippen LogP contribution in [-0.2, 0) is 21.1 Å². The molecule has 5 nitrogen and oxygen atoms in total. The number of rotatable bonds is 4. The molecule has 0 saturated carbocycles. The van der Waals surface area contributed by atoms with Crippen molar-refractivity contribution < 1.29 is 13.2 Å². The maximum Gasteiger partial charge on any atom is 0.237 e. The summed E-state index contributed by atoms with van der Waals surface area (Å²) in [5.41, 5.74) is 0.912. The monoisotopic (exact) mass is 306 g/mol. The van der Waals surface area contributed by atoms with Gasteiger partial charge >= 0.3 is 0 Å². The summed E-state index contributed by atoms with van der Waals surface area (Å²) in [4.78, 5) is 12.1. The number of hydrogen-bond acceptors (Lipinski definition) is 4. The lowest BCUT2D eigenvalue weighted by atomic mass is 9.99. The third-order valence-electron chi connectivity index (χ3n) is 3.56. The van der Waals surface area contributed by atoms with Gasteiger partial charge < -0.3 is 5.32 Å². The van der Waals surface area contributed by atoms with Crippen LogP contribution >= 0.6 is 0 Å². The van der Waals surface area contributed by atoms with Crippen molar-refractivity contribution in [1.82, 2.24) is 5.32 Å². The Bertz CT molecular complexity index is 635. The smallest absolute Gasteiger partial charge is 0.237 e. The number of nitrogens with one attached hydrogen (secondary N) is 1. The lowest BCUT2D eigenvalue weighted by molar-refractivity contribution is -0.124. The van der Waals surface area contributed by atoms with Crippen molar-refractivity contribution in [3.63, 3.8) is 0 Å². The molecule has 2 atom stereocenters. The lowest BCUT2D eigenvalue weighted by Crippen LogP contribution is -2.45. The van der Waals surface area contributed by atoms with Gasteiger partial charge in [0.15, 0.2) is 9.84 Å². The molecule has 21 heavy (non-hydrogen) atoms. The van der Waals surface area contributed by atoms with Crippen molar-refractivity contribution >= 4 is 15.7 Å². The first-order chi connectivity index (χ1) is 10.00. The Morgan fingerprint density at radius 2 is 2.10 bits per heavy atom. The average molecular weight is 306 g/mol. The van der Waals surface area contributed by atoms with E-state index >= 15 is 0 Å². The highest BCUT2D eigenvalue weighted by Gasteiger charge is 2.28. The number of sulfone groups is 1. The Kier molecular flexibility index (Phi) is 4.97. The average Bonchev–Trinajstić information content (AvgIpc) is 2.44. The number of hydrogen-bond donors (Lipinski definition) is 1. The molecule has 1 aromatic rings. The van der Waals surface area contributed by atoms with E-state index in [1.54, 1.807) is 0 Å². The van der Waals surface area contributed by atoms with E-state index in [2.05, 4.69) is 5.32 Å². The summed E-state index contributed by atoms with van der Waals surface area (Å²) in [5.74, 6) is -1.02. The SMILES string of the molecule is N#CC(Cc1ccccc1)C(=O)NC1CCCS(=O)(=O)C1. The molecule has 6 heteroatoms. The van der Waals surface area contributed by atoms with Crippen molar-refractivity contribution in [1.29, 1.82) is 5.26 Å². The first-order valence-corrected chi connectivity index (χ1v) is 8.76. The largest absolute Gasteiger partial charge is 0.351 e. The molecule has 0 spiro atoms. The van der Waals surface area contributed by atoms with Crippen molar-refractivity contribution in [2.75, 3.05) is 11.5 Å². The number of nitrogens with zero attached hydrogens (tertiary/aromatic N) is 1. The predicted molar refractivity (Wildman–Crippen MR) is 79.1 cm³/mol. The van der Waals surface area contributed by atoms with Crippen molar-refractivity contribution in [2.45, 2.75) is 25.3 Å². The Hall–Kier alpha value is -1.87. The Morgan fingerprint density at radius 3 is 2.71 bits per heavy atom. The lowest BCUT2D eigenvalue weighted by Gasteiger charge is -2.24. The summed E-state index contributed by atoms with van der Waals surface area (Å²) < 4.78 is 23.1. The zero-order valence-corrected chi connectivity index (χ0v) is 12.5. The molecular formula is C15H18N2O3S. The molecule has 0 aromatic heterocycles. The highest BCUT2D eigenvalue weighted by atomic mass is 32.2. The molecule has 1 aliphatic rings. The van der Waals surface area contributed by atoms with E-state index in [1.165, 1.54) is 0 Å². The highest BCUT2D eigenvalue weighted by molar-refractivity contribution is 7.91. The van der Waals surface area contributed by atoms with Crippen LogP contribution in [0.3, 0.4) is 0 Å². The third kappa shape index (κ3) is 4.57. The molecule has 0 bridgehead atoms. The van der Waals surface area contributed by atoms with Crippen LogP contribution < -0.4 is 5.32 Å². The second-order valence-electron chi connectivity index (χ2n) is 5.33. The second kappa shape index (κ2) is 6.72. The van der Waals surface area contributed by atoms with Crippen LogP contribution in [0.25, 0.3) is 0 Å². The number of amides is 1. The number of carbonyl (C=O) groups is 1. The summed E-state index contributed by atoms with van der Waals surface area (Å²) in [6, 6.07) is 10.9. The number of carbonyl (C=O) groups excluding carboxylic acids is 1. The zero-order valence-electron chi connectivity index (χ0n) is 11.7. The Morgan fingerprint density at radius 1 is 1.38 bits per heavy atom. The van der Waals surface area contributed by atoms with Gasteiger partial charge in [0, 0.05) is 6.04 Å². The van der Waals surface area contributed by atoms with Gasteiger partial charge in [-0.25, -0.2) is 8.42 Å². The quantitative estimate of drug-likeness (QED) is 0.901. The fraction of sp³-hybridized carbons (Fsp3) is 0.467. The van der Waals surface area contributed by atoms with E-state index in [9.17, 15) is 13.2 Å². The van der Waals surface area contributed by atoms with Crippen molar-refractivity contribution in [3.8, 4) is 6.07 Å². The van der Waals surface area contributed by atoms with Gasteiger partial charge in [0.1, 0.15) is 5.92 Å². The molecule has 2 unspecified atom stereocenters. The summed E-state index contributed by atoms with van der Waals surface area (Å²) >= 11 is 0. The summed E-state index contributed by atoms with van der Waals surface area (Å²) in [6.07, 6.45) is 1.54. The first-order valence-electron chi connectivity index (χ1n) is 6.94. The van der Waals surface area contributed by atoms with Gasteiger partial charge in [0.2, 0.25) is 5.91 Å². The molecule has 1 fully saturated rings. The van der Waals surface area contributed by atoms with Gasteiger partial charge in [-0.3, -0.25) is 4.79 Å². The van der Waals surface area contributed by atoms with Gasteiger partial charge in [-0.05, 0) is 24.8 Å². The molecule has 0 radical (unpaired) electrons. The molecule has 1 saturated heterocycles. The van der Waals surface area contributed by atoms with Gasteiger partial charge in [-0.1, -0.05) is 30.3 Å². The molecule has 112 valence electrons. The van der Waals surface area contributed by atoms with Crippen LogP contribution in [0.4, 0.5) is 0 Å². The third-order valence-corrected chi connectivity index (χ3v) is 5.39.